The lowest BCUT2D eigenvalue weighted by molar-refractivity contribution is 0.472. The van der Waals surface area contributed by atoms with Crippen LogP contribution in [-0.4, -0.2) is 16.1 Å². The van der Waals surface area contributed by atoms with Gasteiger partial charge in [-0.2, -0.15) is 4.98 Å². The first-order chi connectivity index (χ1) is 8.16. The molecule has 2 aromatic rings. The van der Waals surface area contributed by atoms with Gasteiger partial charge in [0.05, 0.1) is 6.54 Å². The van der Waals surface area contributed by atoms with Gasteiger partial charge in [-0.05, 0) is 6.07 Å². The highest BCUT2D eigenvalue weighted by atomic mass is 16.3. The van der Waals surface area contributed by atoms with Gasteiger partial charge in [0.15, 0.2) is 0 Å². The van der Waals surface area contributed by atoms with Gasteiger partial charge in [-0.3, -0.25) is 9.36 Å². The summed E-state index contributed by atoms with van der Waals surface area (Å²) in [7, 11) is 0. The number of rotatable bonds is 1. The minimum atomic E-state index is 0.0159. The Morgan fingerprint density at radius 3 is 3.12 bits per heavy atom. The summed E-state index contributed by atoms with van der Waals surface area (Å²) < 4.78 is 7.36. The fourth-order valence-electron chi connectivity index (χ4n) is 2.12. The number of nitrogens with one attached hydrogen (secondary N) is 1. The van der Waals surface area contributed by atoms with E-state index < -0.39 is 0 Å². The van der Waals surface area contributed by atoms with Crippen molar-refractivity contribution in [2.45, 2.75) is 32.9 Å². The third kappa shape index (κ3) is 1.58. The van der Waals surface area contributed by atoms with Crippen molar-refractivity contribution < 1.29 is 4.42 Å². The average molecular weight is 233 g/mol. The van der Waals surface area contributed by atoms with Crippen LogP contribution in [0.2, 0.25) is 0 Å². The molecule has 0 bridgehead atoms. The Hall–Kier alpha value is -1.62. The SMILES string of the molecule is CC(C)c1cc2c(=O)n3c(nc2o1)CNCC3. The van der Waals surface area contributed by atoms with Gasteiger partial charge in [0, 0.05) is 19.0 Å². The molecule has 5 heteroatoms. The van der Waals surface area contributed by atoms with Gasteiger partial charge < -0.3 is 9.73 Å². The normalized spacial score (nSPS) is 15.5. The van der Waals surface area contributed by atoms with E-state index in [0.717, 1.165) is 18.1 Å². The summed E-state index contributed by atoms with van der Waals surface area (Å²) in [5.74, 6) is 1.85. The Morgan fingerprint density at radius 2 is 2.35 bits per heavy atom. The summed E-state index contributed by atoms with van der Waals surface area (Å²) in [4.78, 5) is 16.7. The predicted molar refractivity (Wildman–Crippen MR) is 64.1 cm³/mol. The topological polar surface area (TPSA) is 60.1 Å². The molecule has 17 heavy (non-hydrogen) atoms. The Labute approximate surface area is 98.5 Å². The van der Waals surface area contributed by atoms with Crippen LogP contribution in [0.1, 0.15) is 31.4 Å². The molecule has 0 atom stereocenters. The van der Waals surface area contributed by atoms with E-state index in [1.807, 2.05) is 19.9 Å². The van der Waals surface area contributed by atoms with Crippen LogP contribution >= 0.6 is 0 Å². The predicted octanol–water partition coefficient (Wildman–Crippen LogP) is 1.22. The zero-order chi connectivity index (χ0) is 12.0. The van der Waals surface area contributed by atoms with E-state index >= 15 is 0 Å². The largest absolute Gasteiger partial charge is 0.442 e. The Kier molecular flexibility index (Phi) is 2.29. The number of aromatic nitrogens is 2. The van der Waals surface area contributed by atoms with E-state index in [0.29, 0.717) is 24.2 Å². The monoisotopic (exact) mass is 233 g/mol. The Morgan fingerprint density at radius 1 is 1.53 bits per heavy atom. The fraction of sp³-hybridized carbons (Fsp3) is 0.500. The summed E-state index contributed by atoms with van der Waals surface area (Å²) in [6.07, 6.45) is 0. The lowest BCUT2D eigenvalue weighted by Gasteiger charge is -2.17. The second-order valence-corrected chi connectivity index (χ2v) is 4.68. The third-order valence-electron chi connectivity index (χ3n) is 3.11. The number of hydrogen-bond donors (Lipinski definition) is 1. The van der Waals surface area contributed by atoms with Gasteiger partial charge >= 0.3 is 0 Å². The molecule has 0 saturated heterocycles. The van der Waals surface area contributed by atoms with Crippen molar-refractivity contribution in [3.63, 3.8) is 0 Å². The fourth-order valence-corrected chi connectivity index (χ4v) is 2.12. The van der Waals surface area contributed by atoms with E-state index in [-0.39, 0.29) is 11.5 Å². The standard InChI is InChI=1S/C12H15N3O2/c1-7(2)9-5-8-11(17-9)14-10-6-13-3-4-15(10)12(8)16/h5,7,13H,3-4,6H2,1-2H3. The molecule has 0 aliphatic carbocycles. The van der Waals surface area contributed by atoms with Gasteiger partial charge in [0.1, 0.15) is 17.0 Å². The van der Waals surface area contributed by atoms with Crippen molar-refractivity contribution in [1.29, 1.82) is 0 Å². The molecule has 0 aromatic carbocycles. The van der Waals surface area contributed by atoms with E-state index in [4.69, 9.17) is 4.42 Å². The molecule has 2 aromatic heterocycles. The van der Waals surface area contributed by atoms with Crippen molar-refractivity contribution in [2.24, 2.45) is 0 Å². The molecule has 1 N–H and O–H groups in total. The molecule has 0 unspecified atom stereocenters. The van der Waals surface area contributed by atoms with E-state index in [1.165, 1.54) is 0 Å². The van der Waals surface area contributed by atoms with Crippen LogP contribution in [0, 0.1) is 0 Å². The van der Waals surface area contributed by atoms with Crippen LogP contribution in [0.4, 0.5) is 0 Å². The molecule has 3 heterocycles. The molecule has 0 amide bonds. The highest BCUT2D eigenvalue weighted by molar-refractivity contribution is 5.73. The molecule has 1 aliphatic heterocycles. The average Bonchev–Trinajstić information content (AvgIpc) is 2.74. The molecule has 5 nitrogen and oxygen atoms in total. The lowest BCUT2D eigenvalue weighted by atomic mass is 10.1. The minimum absolute atomic E-state index is 0.0159. The van der Waals surface area contributed by atoms with Gasteiger partial charge in [-0.15, -0.1) is 0 Å². The number of fused-ring (bicyclic) bond motifs is 2. The zero-order valence-corrected chi connectivity index (χ0v) is 9.99. The molecule has 0 radical (unpaired) electrons. The Bertz CT molecular complexity index is 624. The first-order valence-corrected chi connectivity index (χ1v) is 5.90. The van der Waals surface area contributed by atoms with Crippen molar-refractivity contribution >= 4 is 11.1 Å². The maximum atomic E-state index is 12.2. The molecule has 3 rings (SSSR count). The van der Waals surface area contributed by atoms with Crippen molar-refractivity contribution in [3.8, 4) is 0 Å². The second kappa shape index (κ2) is 3.70. The molecular formula is C12H15N3O2. The summed E-state index contributed by atoms with van der Waals surface area (Å²) in [5, 5.41) is 3.80. The highest BCUT2D eigenvalue weighted by Crippen LogP contribution is 2.21. The molecule has 0 spiro atoms. The summed E-state index contributed by atoms with van der Waals surface area (Å²) >= 11 is 0. The number of hydrogen-bond acceptors (Lipinski definition) is 4. The third-order valence-corrected chi connectivity index (χ3v) is 3.11. The molecule has 0 saturated carbocycles. The maximum Gasteiger partial charge on any atom is 0.264 e. The molecule has 1 aliphatic rings. The minimum Gasteiger partial charge on any atom is -0.442 e. The number of nitrogens with zero attached hydrogens (tertiary/aromatic N) is 2. The van der Waals surface area contributed by atoms with Crippen LogP contribution in [0.3, 0.4) is 0 Å². The summed E-state index contributed by atoms with van der Waals surface area (Å²) in [5.41, 5.74) is 0.482. The highest BCUT2D eigenvalue weighted by Gasteiger charge is 2.18. The zero-order valence-electron chi connectivity index (χ0n) is 9.99. The summed E-state index contributed by atoms with van der Waals surface area (Å²) in [6.45, 7) is 6.20. The molecule has 90 valence electrons. The van der Waals surface area contributed by atoms with Crippen LogP contribution in [0.15, 0.2) is 15.3 Å². The quantitative estimate of drug-likeness (QED) is 0.804. The van der Waals surface area contributed by atoms with Gasteiger partial charge in [-0.25, -0.2) is 0 Å². The summed E-state index contributed by atoms with van der Waals surface area (Å²) in [6, 6.07) is 1.82. The van der Waals surface area contributed by atoms with Crippen molar-refractivity contribution in [2.75, 3.05) is 6.54 Å². The van der Waals surface area contributed by atoms with Crippen LogP contribution < -0.4 is 10.9 Å². The Balaban J connectivity index is 2.29. The smallest absolute Gasteiger partial charge is 0.264 e. The van der Waals surface area contributed by atoms with Gasteiger partial charge in [0.2, 0.25) is 5.71 Å². The first kappa shape index (κ1) is 10.5. The lowest BCUT2D eigenvalue weighted by Crippen LogP contribution is -2.36. The maximum absolute atomic E-state index is 12.2. The van der Waals surface area contributed by atoms with E-state index in [2.05, 4.69) is 10.3 Å². The molecular weight excluding hydrogens is 218 g/mol. The second-order valence-electron chi connectivity index (χ2n) is 4.68. The first-order valence-electron chi connectivity index (χ1n) is 5.90. The van der Waals surface area contributed by atoms with Crippen molar-refractivity contribution in [3.05, 3.63) is 28.0 Å². The molecule has 0 fully saturated rings. The van der Waals surface area contributed by atoms with Crippen LogP contribution in [-0.2, 0) is 13.1 Å². The van der Waals surface area contributed by atoms with E-state index in [9.17, 15) is 4.79 Å². The van der Waals surface area contributed by atoms with Crippen molar-refractivity contribution in [1.82, 2.24) is 14.9 Å². The van der Waals surface area contributed by atoms with Gasteiger partial charge in [-0.1, -0.05) is 13.8 Å². The number of furan rings is 1. The van der Waals surface area contributed by atoms with Gasteiger partial charge in [0.25, 0.3) is 5.56 Å². The van der Waals surface area contributed by atoms with Crippen LogP contribution in [0.5, 0.6) is 0 Å². The van der Waals surface area contributed by atoms with E-state index in [1.54, 1.807) is 4.57 Å². The van der Waals surface area contributed by atoms with Crippen LogP contribution in [0.25, 0.3) is 11.1 Å².